The molecular weight excluding hydrogens is 378 g/mol. The highest BCUT2D eigenvalue weighted by Crippen LogP contribution is 2.27. The average molecular weight is 399 g/mol. The maximum atomic E-state index is 12.7. The quantitative estimate of drug-likeness (QED) is 0.560. The van der Waals surface area contributed by atoms with E-state index in [0.717, 1.165) is 4.90 Å². The maximum Gasteiger partial charge on any atom is 0.329 e. The average Bonchev–Trinajstić information content (AvgIpc) is 3.19. The number of carbonyl (C=O) groups is 4. The van der Waals surface area contributed by atoms with Crippen molar-refractivity contribution in [1.82, 2.24) is 10.1 Å². The number of amides is 3. The molecule has 152 valence electrons. The monoisotopic (exact) mass is 399 g/mol. The third-order valence-electron chi connectivity index (χ3n) is 4.34. The van der Waals surface area contributed by atoms with Gasteiger partial charge in [0, 0.05) is 6.07 Å². The van der Waals surface area contributed by atoms with E-state index in [1.165, 1.54) is 6.07 Å². The van der Waals surface area contributed by atoms with Crippen molar-refractivity contribution in [1.29, 1.82) is 0 Å². The summed E-state index contributed by atoms with van der Waals surface area (Å²) in [5, 5.41) is 6.05. The number of nitrogens with zero attached hydrogens (tertiary/aromatic N) is 2. The summed E-state index contributed by atoms with van der Waals surface area (Å²) in [5.41, 5.74) is 0.497. The van der Waals surface area contributed by atoms with Gasteiger partial charge in [0.05, 0.1) is 11.1 Å². The highest BCUT2D eigenvalue weighted by molar-refractivity contribution is 6.22. The summed E-state index contributed by atoms with van der Waals surface area (Å²) in [7, 11) is 0. The summed E-state index contributed by atoms with van der Waals surface area (Å²) in [4.78, 5) is 51.0. The molecule has 1 aromatic carbocycles. The molecule has 0 aliphatic carbocycles. The first kappa shape index (κ1) is 20.2. The molecule has 0 bridgehead atoms. The Morgan fingerprint density at radius 1 is 1.17 bits per heavy atom. The number of carbonyl (C=O) groups excluding carboxylic acids is 4. The summed E-state index contributed by atoms with van der Waals surface area (Å²) < 4.78 is 9.94. The van der Waals surface area contributed by atoms with Gasteiger partial charge in [-0.2, -0.15) is 0 Å². The molecule has 2 heterocycles. The third kappa shape index (κ3) is 4.34. The number of aryl methyl sites for hydroxylation is 1. The highest BCUT2D eigenvalue weighted by Gasteiger charge is 2.43. The minimum Gasteiger partial charge on any atom is -0.454 e. The Labute approximate surface area is 167 Å². The van der Waals surface area contributed by atoms with Crippen molar-refractivity contribution in [2.24, 2.45) is 5.92 Å². The number of rotatable bonds is 7. The molecule has 1 N–H and O–H groups in total. The van der Waals surface area contributed by atoms with Crippen molar-refractivity contribution >= 4 is 29.5 Å². The van der Waals surface area contributed by atoms with Gasteiger partial charge in [-0.15, -0.1) is 0 Å². The number of nitrogens with one attached hydrogen (secondary N) is 1. The standard InChI is InChI=1S/C20H21N3O6/c1-11(2)8-15(23-18(25)13-6-4-5-7-14(13)19(23)26)20(27)28-10-17(24)21-16-9-12(3)29-22-16/h4-7,9,11,15H,8,10H2,1-3H3,(H,21,22,24). The fourth-order valence-corrected chi connectivity index (χ4v) is 3.08. The van der Waals surface area contributed by atoms with Crippen LogP contribution < -0.4 is 5.32 Å². The van der Waals surface area contributed by atoms with Gasteiger partial charge in [-0.3, -0.25) is 19.3 Å². The zero-order chi connectivity index (χ0) is 21.1. The molecule has 1 unspecified atom stereocenters. The van der Waals surface area contributed by atoms with Gasteiger partial charge in [0.15, 0.2) is 12.4 Å². The summed E-state index contributed by atoms with van der Waals surface area (Å²) >= 11 is 0. The predicted octanol–water partition coefficient (Wildman–Crippen LogP) is 2.18. The Kier molecular flexibility index (Phi) is 5.76. The summed E-state index contributed by atoms with van der Waals surface area (Å²) in [6.07, 6.45) is 0.217. The SMILES string of the molecule is Cc1cc(NC(=O)COC(=O)C(CC(C)C)N2C(=O)c3ccccc3C2=O)no1. The van der Waals surface area contributed by atoms with Gasteiger partial charge in [0.2, 0.25) is 0 Å². The fourth-order valence-electron chi connectivity index (χ4n) is 3.08. The van der Waals surface area contributed by atoms with E-state index >= 15 is 0 Å². The number of esters is 1. The number of aromatic nitrogens is 1. The van der Waals surface area contributed by atoms with E-state index in [4.69, 9.17) is 9.26 Å². The maximum absolute atomic E-state index is 12.7. The number of imide groups is 1. The second-order valence-electron chi connectivity index (χ2n) is 7.15. The molecule has 29 heavy (non-hydrogen) atoms. The van der Waals surface area contributed by atoms with Crippen LogP contribution in [0.4, 0.5) is 5.82 Å². The van der Waals surface area contributed by atoms with Crippen molar-refractivity contribution in [3.63, 3.8) is 0 Å². The molecule has 3 rings (SSSR count). The lowest BCUT2D eigenvalue weighted by atomic mass is 10.0. The molecule has 2 aromatic rings. The van der Waals surface area contributed by atoms with Crippen molar-refractivity contribution in [2.45, 2.75) is 33.2 Å². The smallest absolute Gasteiger partial charge is 0.329 e. The predicted molar refractivity (Wildman–Crippen MR) is 101 cm³/mol. The van der Waals surface area contributed by atoms with E-state index in [9.17, 15) is 19.2 Å². The van der Waals surface area contributed by atoms with Crippen LogP contribution in [0.15, 0.2) is 34.9 Å². The normalized spacial score (nSPS) is 14.1. The van der Waals surface area contributed by atoms with Gasteiger partial charge in [-0.25, -0.2) is 4.79 Å². The number of ether oxygens (including phenoxy) is 1. The molecule has 1 aliphatic heterocycles. The lowest BCUT2D eigenvalue weighted by Crippen LogP contribution is -2.46. The Hall–Kier alpha value is -3.49. The van der Waals surface area contributed by atoms with Crippen molar-refractivity contribution in [3.8, 4) is 0 Å². The minimum absolute atomic E-state index is 0.00351. The topological polar surface area (TPSA) is 119 Å². The summed E-state index contributed by atoms with van der Waals surface area (Å²) in [5.74, 6) is -1.81. The Morgan fingerprint density at radius 3 is 2.31 bits per heavy atom. The Balaban J connectivity index is 1.70. The van der Waals surface area contributed by atoms with Crippen molar-refractivity contribution in [2.75, 3.05) is 11.9 Å². The minimum atomic E-state index is -1.12. The summed E-state index contributed by atoms with van der Waals surface area (Å²) in [6, 6.07) is 6.78. The molecule has 0 saturated heterocycles. The third-order valence-corrected chi connectivity index (χ3v) is 4.34. The van der Waals surface area contributed by atoms with E-state index in [-0.39, 0.29) is 29.3 Å². The number of anilines is 1. The van der Waals surface area contributed by atoms with Crippen LogP contribution in [0.5, 0.6) is 0 Å². The largest absolute Gasteiger partial charge is 0.454 e. The van der Waals surface area contributed by atoms with Crippen LogP contribution in [0.1, 0.15) is 46.7 Å². The zero-order valence-electron chi connectivity index (χ0n) is 16.3. The molecule has 0 fully saturated rings. The second kappa shape index (κ2) is 8.26. The number of benzene rings is 1. The van der Waals surface area contributed by atoms with E-state index in [0.29, 0.717) is 5.76 Å². The lowest BCUT2D eigenvalue weighted by Gasteiger charge is -2.25. The molecule has 0 saturated carbocycles. The molecule has 9 heteroatoms. The first-order valence-corrected chi connectivity index (χ1v) is 9.14. The fraction of sp³-hybridized carbons (Fsp3) is 0.350. The van der Waals surface area contributed by atoms with Crippen LogP contribution in [-0.2, 0) is 14.3 Å². The van der Waals surface area contributed by atoms with Crippen molar-refractivity contribution < 1.29 is 28.4 Å². The van der Waals surface area contributed by atoms with E-state index in [1.54, 1.807) is 31.2 Å². The molecule has 1 atom stereocenters. The second-order valence-corrected chi connectivity index (χ2v) is 7.15. The molecule has 3 amide bonds. The van der Waals surface area contributed by atoms with Crippen LogP contribution >= 0.6 is 0 Å². The first-order chi connectivity index (χ1) is 13.8. The molecule has 0 spiro atoms. The lowest BCUT2D eigenvalue weighted by molar-refractivity contribution is -0.151. The van der Waals surface area contributed by atoms with Gasteiger partial charge in [0.25, 0.3) is 17.7 Å². The van der Waals surface area contributed by atoms with Crippen LogP contribution in [0.2, 0.25) is 0 Å². The van der Waals surface area contributed by atoms with E-state index in [2.05, 4.69) is 10.5 Å². The van der Waals surface area contributed by atoms with E-state index < -0.39 is 36.3 Å². The van der Waals surface area contributed by atoms with E-state index in [1.807, 2.05) is 13.8 Å². The van der Waals surface area contributed by atoms with Gasteiger partial charge >= 0.3 is 5.97 Å². The van der Waals surface area contributed by atoms with Gasteiger partial charge in [-0.05, 0) is 31.4 Å². The molecular formula is C20H21N3O6. The Bertz CT molecular complexity index is 930. The number of fused-ring (bicyclic) bond motifs is 1. The Morgan fingerprint density at radius 2 is 1.79 bits per heavy atom. The van der Waals surface area contributed by atoms with Gasteiger partial charge < -0.3 is 14.6 Å². The highest BCUT2D eigenvalue weighted by atomic mass is 16.5. The zero-order valence-corrected chi connectivity index (χ0v) is 16.3. The van der Waals surface area contributed by atoms with Crippen LogP contribution in [-0.4, -0.2) is 46.4 Å². The molecule has 1 aliphatic rings. The van der Waals surface area contributed by atoms with Crippen molar-refractivity contribution in [3.05, 3.63) is 47.2 Å². The number of hydrogen-bond donors (Lipinski definition) is 1. The first-order valence-electron chi connectivity index (χ1n) is 9.14. The van der Waals surface area contributed by atoms with Crippen LogP contribution in [0.25, 0.3) is 0 Å². The van der Waals surface area contributed by atoms with Crippen LogP contribution in [0.3, 0.4) is 0 Å². The summed E-state index contributed by atoms with van der Waals surface area (Å²) in [6.45, 7) is 4.81. The van der Waals surface area contributed by atoms with Gasteiger partial charge in [0.1, 0.15) is 11.8 Å². The number of hydrogen-bond acceptors (Lipinski definition) is 7. The molecule has 9 nitrogen and oxygen atoms in total. The van der Waals surface area contributed by atoms with Crippen LogP contribution in [0, 0.1) is 12.8 Å². The molecule has 1 aromatic heterocycles. The molecule has 0 radical (unpaired) electrons. The van der Waals surface area contributed by atoms with Gasteiger partial charge in [-0.1, -0.05) is 31.1 Å².